The molecule has 1 N–H and O–H groups in total. The van der Waals surface area contributed by atoms with E-state index in [4.69, 9.17) is 0 Å². The van der Waals surface area contributed by atoms with E-state index in [0.29, 0.717) is 4.90 Å². The van der Waals surface area contributed by atoms with Crippen LogP contribution in [0.1, 0.15) is 42.3 Å². The largest absolute Gasteiger partial charge is 0.270 e. The molecule has 1 unspecified atom stereocenters. The Hall–Kier alpha value is -1.66. The van der Waals surface area contributed by atoms with Gasteiger partial charge in [-0.1, -0.05) is 6.07 Å². The predicted molar refractivity (Wildman–Crippen MR) is 87.3 cm³/mol. The lowest BCUT2D eigenvalue weighted by molar-refractivity contribution is 0.565. The molecule has 0 amide bonds. The number of aromatic nitrogens is 2. The van der Waals surface area contributed by atoms with Gasteiger partial charge in [-0.2, -0.15) is 5.10 Å². The van der Waals surface area contributed by atoms with Gasteiger partial charge in [0.1, 0.15) is 0 Å². The summed E-state index contributed by atoms with van der Waals surface area (Å²) in [5.41, 5.74) is 3.92. The predicted octanol–water partition coefficient (Wildman–Crippen LogP) is 2.87. The monoisotopic (exact) mass is 321 g/mol. The van der Waals surface area contributed by atoms with Gasteiger partial charge in [-0.15, -0.1) is 0 Å². The van der Waals surface area contributed by atoms with E-state index in [1.807, 2.05) is 45.4 Å². The maximum atomic E-state index is 12.5. The number of nitrogens with one attached hydrogen (secondary N) is 1. The van der Waals surface area contributed by atoms with Crippen LogP contribution in [-0.4, -0.2) is 18.2 Å². The molecule has 0 radical (unpaired) electrons. The summed E-state index contributed by atoms with van der Waals surface area (Å²) in [6.45, 7) is 10.4. The fourth-order valence-corrected chi connectivity index (χ4v) is 3.76. The summed E-state index contributed by atoms with van der Waals surface area (Å²) >= 11 is 0. The standard InChI is InChI=1S/C16H23N3O2S/c1-6-19-14(5)16(10-17-19)13(4)18-22(20,21)15-8-7-11(2)12(3)9-15/h7-10,13,18H,6H2,1-5H3. The van der Waals surface area contributed by atoms with Gasteiger partial charge in [0.25, 0.3) is 0 Å². The molecule has 120 valence electrons. The Morgan fingerprint density at radius 2 is 1.91 bits per heavy atom. The first-order valence-electron chi connectivity index (χ1n) is 7.38. The zero-order valence-electron chi connectivity index (χ0n) is 13.7. The maximum Gasteiger partial charge on any atom is 0.241 e. The summed E-state index contributed by atoms with van der Waals surface area (Å²) in [5, 5.41) is 4.27. The lowest BCUT2D eigenvalue weighted by Crippen LogP contribution is -2.27. The number of hydrogen-bond donors (Lipinski definition) is 1. The van der Waals surface area contributed by atoms with Gasteiger partial charge in [-0.25, -0.2) is 13.1 Å². The summed E-state index contributed by atoms with van der Waals surface area (Å²) in [6.07, 6.45) is 1.73. The third-order valence-corrected chi connectivity index (χ3v) is 5.57. The van der Waals surface area contributed by atoms with Crippen LogP contribution in [0.15, 0.2) is 29.3 Å². The second-order valence-electron chi connectivity index (χ2n) is 5.59. The van der Waals surface area contributed by atoms with Crippen molar-refractivity contribution in [1.82, 2.24) is 14.5 Å². The topological polar surface area (TPSA) is 64.0 Å². The van der Waals surface area contributed by atoms with Crippen LogP contribution < -0.4 is 4.72 Å². The number of hydrogen-bond acceptors (Lipinski definition) is 3. The van der Waals surface area contributed by atoms with Crippen molar-refractivity contribution in [3.8, 4) is 0 Å². The average Bonchev–Trinajstić information content (AvgIpc) is 2.82. The van der Waals surface area contributed by atoms with Gasteiger partial charge in [-0.05, 0) is 57.9 Å². The molecule has 0 aliphatic heterocycles. The van der Waals surface area contributed by atoms with Crippen LogP contribution in [0.4, 0.5) is 0 Å². The molecule has 1 aromatic heterocycles. The second kappa shape index (κ2) is 6.22. The smallest absolute Gasteiger partial charge is 0.241 e. The summed E-state index contributed by atoms with van der Waals surface area (Å²) in [7, 11) is -3.55. The third-order valence-electron chi connectivity index (χ3n) is 4.03. The zero-order chi connectivity index (χ0) is 16.5. The van der Waals surface area contributed by atoms with Crippen molar-refractivity contribution in [2.24, 2.45) is 0 Å². The SMILES string of the molecule is CCn1ncc(C(C)NS(=O)(=O)c2ccc(C)c(C)c2)c1C. The summed E-state index contributed by atoms with van der Waals surface area (Å²) < 4.78 is 29.6. The molecular formula is C16H23N3O2S. The van der Waals surface area contributed by atoms with Gasteiger partial charge in [0, 0.05) is 23.8 Å². The molecule has 2 rings (SSSR count). The Kier molecular flexibility index (Phi) is 4.72. The molecule has 0 bridgehead atoms. The summed E-state index contributed by atoms with van der Waals surface area (Å²) in [6, 6.07) is 4.84. The Labute approximate surface area is 132 Å². The molecule has 0 aliphatic carbocycles. The fraction of sp³-hybridized carbons (Fsp3) is 0.438. The molecule has 0 saturated carbocycles. The first-order valence-corrected chi connectivity index (χ1v) is 8.86. The van der Waals surface area contributed by atoms with E-state index in [1.54, 1.807) is 18.3 Å². The van der Waals surface area contributed by atoms with E-state index in [2.05, 4.69) is 9.82 Å². The van der Waals surface area contributed by atoms with Crippen molar-refractivity contribution in [3.05, 3.63) is 46.8 Å². The maximum absolute atomic E-state index is 12.5. The lowest BCUT2D eigenvalue weighted by Gasteiger charge is -2.15. The minimum atomic E-state index is -3.55. The molecule has 0 spiro atoms. The lowest BCUT2D eigenvalue weighted by atomic mass is 10.1. The molecule has 6 heteroatoms. The van der Waals surface area contributed by atoms with E-state index in [-0.39, 0.29) is 6.04 Å². The minimum absolute atomic E-state index is 0.294. The van der Waals surface area contributed by atoms with E-state index in [9.17, 15) is 8.42 Å². The van der Waals surface area contributed by atoms with E-state index < -0.39 is 10.0 Å². The van der Waals surface area contributed by atoms with Gasteiger partial charge >= 0.3 is 0 Å². The second-order valence-corrected chi connectivity index (χ2v) is 7.30. The normalized spacial score (nSPS) is 13.3. The highest BCUT2D eigenvalue weighted by molar-refractivity contribution is 7.89. The Morgan fingerprint density at radius 1 is 1.23 bits per heavy atom. The number of aryl methyl sites for hydroxylation is 3. The Bertz CT molecular complexity index is 779. The van der Waals surface area contributed by atoms with Crippen LogP contribution in [0.3, 0.4) is 0 Å². The van der Waals surface area contributed by atoms with Gasteiger partial charge in [0.05, 0.1) is 11.1 Å². The number of rotatable bonds is 5. The number of sulfonamides is 1. The van der Waals surface area contributed by atoms with Crippen LogP contribution in [0, 0.1) is 20.8 Å². The van der Waals surface area contributed by atoms with Crippen molar-refractivity contribution >= 4 is 10.0 Å². The molecule has 22 heavy (non-hydrogen) atoms. The van der Waals surface area contributed by atoms with Crippen molar-refractivity contribution in [3.63, 3.8) is 0 Å². The highest BCUT2D eigenvalue weighted by Gasteiger charge is 2.21. The van der Waals surface area contributed by atoms with E-state index >= 15 is 0 Å². The third kappa shape index (κ3) is 3.23. The Morgan fingerprint density at radius 3 is 2.45 bits per heavy atom. The van der Waals surface area contributed by atoms with Gasteiger partial charge in [-0.3, -0.25) is 4.68 Å². The average molecular weight is 321 g/mol. The molecule has 5 nitrogen and oxygen atoms in total. The van der Waals surface area contributed by atoms with E-state index in [1.165, 1.54) is 0 Å². The number of nitrogens with zero attached hydrogens (tertiary/aromatic N) is 2. The van der Waals surface area contributed by atoms with Crippen molar-refractivity contribution in [2.45, 2.75) is 52.1 Å². The molecule has 0 aliphatic rings. The van der Waals surface area contributed by atoms with Crippen LogP contribution in [0.2, 0.25) is 0 Å². The fourth-order valence-electron chi connectivity index (χ4n) is 2.45. The van der Waals surface area contributed by atoms with Crippen molar-refractivity contribution in [1.29, 1.82) is 0 Å². The molecular weight excluding hydrogens is 298 g/mol. The van der Waals surface area contributed by atoms with Gasteiger partial charge in [0.2, 0.25) is 10.0 Å². The zero-order valence-corrected chi connectivity index (χ0v) is 14.5. The molecule has 1 heterocycles. The Balaban J connectivity index is 2.27. The van der Waals surface area contributed by atoms with Crippen molar-refractivity contribution in [2.75, 3.05) is 0 Å². The quantitative estimate of drug-likeness (QED) is 0.921. The molecule has 0 fully saturated rings. The van der Waals surface area contributed by atoms with Gasteiger partial charge in [0.15, 0.2) is 0 Å². The summed E-state index contributed by atoms with van der Waals surface area (Å²) in [5.74, 6) is 0. The van der Waals surface area contributed by atoms with Crippen LogP contribution in [0.25, 0.3) is 0 Å². The molecule has 1 atom stereocenters. The highest BCUT2D eigenvalue weighted by atomic mass is 32.2. The number of benzene rings is 1. The minimum Gasteiger partial charge on any atom is -0.270 e. The van der Waals surface area contributed by atoms with E-state index in [0.717, 1.165) is 28.9 Å². The van der Waals surface area contributed by atoms with Crippen LogP contribution in [-0.2, 0) is 16.6 Å². The van der Waals surface area contributed by atoms with Crippen LogP contribution >= 0.6 is 0 Å². The first kappa shape index (κ1) is 16.7. The van der Waals surface area contributed by atoms with Gasteiger partial charge < -0.3 is 0 Å². The van der Waals surface area contributed by atoms with Crippen molar-refractivity contribution < 1.29 is 8.42 Å². The first-order chi connectivity index (χ1) is 10.3. The molecule has 0 saturated heterocycles. The summed E-state index contributed by atoms with van der Waals surface area (Å²) in [4.78, 5) is 0.294. The molecule has 1 aromatic carbocycles. The molecule has 2 aromatic rings. The van der Waals surface area contributed by atoms with Crippen LogP contribution in [0.5, 0.6) is 0 Å². The highest BCUT2D eigenvalue weighted by Crippen LogP contribution is 2.21.